The smallest absolute Gasteiger partial charge is 0.249 e. The van der Waals surface area contributed by atoms with Crippen molar-refractivity contribution in [2.75, 3.05) is 11.5 Å². The van der Waals surface area contributed by atoms with Crippen LogP contribution in [0.5, 0.6) is 5.75 Å². The summed E-state index contributed by atoms with van der Waals surface area (Å²) >= 11 is 0. The molecule has 1 fully saturated rings. The lowest BCUT2D eigenvalue weighted by atomic mass is 9.87. The molecule has 2 amide bonds. The molecule has 0 bridgehead atoms. The number of hydrogen-bond donors (Lipinski definition) is 1. The van der Waals surface area contributed by atoms with Gasteiger partial charge in [0, 0.05) is 17.9 Å². The van der Waals surface area contributed by atoms with Crippen LogP contribution in [0.25, 0.3) is 0 Å². The minimum Gasteiger partial charge on any atom is -0.494 e. The third kappa shape index (κ3) is 4.02. The first kappa shape index (κ1) is 19.6. The molecule has 1 saturated carbocycles. The first-order valence-corrected chi connectivity index (χ1v) is 10.6. The number of anilines is 1. The highest BCUT2D eigenvalue weighted by atomic mass is 16.5. The zero-order valence-corrected chi connectivity index (χ0v) is 17.1. The summed E-state index contributed by atoms with van der Waals surface area (Å²) < 4.78 is 7.39. The van der Waals surface area contributed by atoms with Gasteiger partial charge < -0.3 is 14.6 Å². The second-order valence-corrected chi connectivity index (χ2v) is 8.12. The lowest BCUT2D eigenvalue weighted by Crippen LogP contribution is -2.51. The van der Waals surface area contributed by atoms with Crippen molar-refractivity contribution in [1.82, 2.24) is 9.88 Å². The molecule has 0 unspecified atom stereocenters. The molecule has 2 heterocycles. The summed E-state index contributed by atoms with van der Waals surface area (Å²) in [5.74, 6) is 1.28. The molecule has 1 aromatic carbocycles. The predicted molar refractivity (Wildman–Crippen MR) is 112 cm³/mol. The lowest BCUT2D eigenvalue weighted by molar-refractivity contribution is -0.128. The van der Waals surface area contributed by atoms with Crippen LogP contribution in [0, 0.1) is 5.92 Å². The summed E-state index contributed by atoms with van der Waals surface area (Å²) in [7, 11) is 0. The van der Waals surface area contributed by atoms with E-state index in [1.54, 1.807) is 4.90 Å². The van der Waals surface area contributed by atoms with E-state index in [0.717, 1.165) is 43.0 Å². The summed E-state index contributed by atoms with van der Waals surface area (Å²) in [5.41, 5.74) is 1.56. The normalized spacial score (nSPS) is 24.1. The number of hydrogen-bond acceptors (Lipinski definition) is 3. The van der Waals surface area contributed by atoms with Gasteiger partial charge in [-0.3, -0.25) is 14.5 Å². The van der Waals surface area contributed by atoms with Crippen molar-refractivity contribution in [3.05, 3.63) is 48.3 Å². The van der Waals surface area contributed by atoms with Gasteiger partial charge in [-0.1, -0.05) is 6.92 Å². The van der Waals surface area contributed by atoms with Gasteiger partial charge in [0.1, 0.15) is 12.3 Å². The predicted octanol–water partition coefficient (Wildman–Crippen LogP) is 3.67. The molecule has 1 N–H and O–H groups in total. The van der Waals surface area contributed by atoms with Crippen molar-refractivity contribution in [1.29, 1.82) is 0 Å². The fourth-order valence-corrected chi connectivity index (χ4v) is 4.42. The number of rotatable bonds is 5. The maximum atomic E-state index is 13.4. The molecule has 2 aliphatic rings. The standard InChI is InChI=1S/C23H29N3O3/c1-3-29-19-12-10-18(11-13-19)26-21(27)15-25-14-4-5-20(25)22(26)23(28)24-17-8-6-16(2)7-9-17/h4-5,10-14,16-17,22H,3,6-9,15H2,1-2H3,(H,24,28)/t16?,17?,22-/m1/s1. The van der Waals surface area contributed by atoms with Gasteiger partial charge in [0.25, 0.3) is 0 Å². The summed E-state index contributed by atoms with van der Waals surface area (Å²) in [4.78, 5) is 28.0. The van der Waals surface area contributed by atoms with Crippen LogP contribution in [0.4, 0.5) is 5.69 Å². The number of fused-ring (bicyclic) bond motifs is 1. The van der Waals surface area contributed by atoms with Gasteiger partial charge in [0.05, 0.1) is 12.3 Å². The highest BCUT2D eigenvalue weighted by Gasteiger charge is 2.39. The van der Waals surface area contributed by atoms with Crippen LogP contribution >= 0.6 is 0 Å². The van der Waals surface area contributed by atoms with E-state index in [0.29, 0.717) is 12.3 Å². The fraction of sp³-hybridized carbons (Fsp3) is 0.478. The molecule has 1 aliphatic carbocycles. The van der Waals surface area contributed by atoms with Gasteiger partial charge in [-0.2, -0.15) is 0 Å². The van der Waals surface area contributed by atoms with Gasteiger partial charge in [-0.15, -0.1) is 0 Å². The van der Waals surface area contributed by atoms with Crippen LogP contribution < -0.4 is 15.0 Å². The highest BCUT2D eigenvalue weighted by molar-refractivity contribution is 6.02. The summed E-state index contributed by atoms with van der Waals surface area (Å²) in [6.07, 6.45) is 6.13. The second kappa shape index (κ2) is 8.31. The van der Waals surface area contributed by atoms with E-state index in [1.807, 2.05) is 54.1 Å². The minimum atomic E-state index is -0.663. The number of nitrogens with zero attached hydrogens (tertiary/aromatic N) is 2. The van der Waals surface area contributed by atoms with Gasteiger partial charge in [-0.25, -0.2) is 0 Å². The van der Waals surface area contributed by atoms with Crippen molar-refractivity contribution in [3.8, 4) is 5.75 Å². The molecule has 0 saturated heterocycles. The van der Waals surface area contributed by atoms with Crippen molar-refractivity contribution < 1.29 is 14.3 Å². The minimum absolute atomic E-state index is 0.0877. The molecule has 1 atom stereocenters. The van der Waals surface area contributed by atoms with Gasteiger partial charge in [0.2, 0.25) is 11.8 Å². The molecule has 0 radical (unpaired) electrons. The van der Waals surface area contributed by atoms with E-state index >= 15 is 0 Å². The Hall–Kier alpha value is -2.76. The Morgan fingerprint density at radius 2 is 1.86 bits per heavy atom. The average Bonchev–Trinajstić information content (AvgIpc) is 3.17. The van der Waals surface area contributed by atoms with Gasteiger partial charge in [-0.05, 0) is 74.9 Å². The summed E-state index contributed by atoms with van der Waals surface area (Å²) in [6.45, 7) is 5.02. The lowest BCUT2D eigenvalue weighted by Gasteiger charge is -2.37. The molecule has 1 aromatic heterocycles. The summed E-state index contributed by atoms with van der Waals surface area (Å²) in [5, 5.41) is 3.22. The van der Waals surface area contributed by atoms with Crippen molar-refractivity contribution in [2.24, 2.45) is 5.92 Å². The summed E-state index contributed by atoms with van der Waals surface area (Å²) in [6, 6.07) is 10.7. The Bertz CT molecular complexity index is 866. The number of amides is 2. The topological polar surface area (TPSA) is 63.6 Å². The van der Waals surface area contributed by atoms with Crippen LogP contribution in [0.2, 0.25) is 0 Å². The molecular formula is C23H29N3O3. The Morgan fingerprint density at radius 1 is 1.14 bits per heavy atom. The fourth-order valence-electron chi connectivity index (χ4n) is 4.42. The maximum Gasteiger partial charge on any atom is 0.249 e. The Labute approximate surface area is 171 Å². The van der Waals surface area contributed by atoms with Crippen molar-refractivity contribution in [2.45, 2.75) is 58.2 Å². The molecule has 0 spiro atoms. The van der Waals surface area contributed by atoms with Crippen molar-refractivity contribution >= 4 is 17.5 Å². The average molecular weight is 396 g/mol. The third-order valence-electron chi connectivity index (χ3n) is 6.01. The number of ether oxygens (including phenoxy) is 1. The third-order valence-corrected chi connectivity index (χ3v) is 6.01. The van der Waals surface area contributed by atoms with Crippen molar-refractivity contribution in [3.63, 3.8) is 0 Å². The maximum absolute atomic E-state index is 13.4. The van der Waals surface area contributed by atoms with E-state index in [-0.39, 0.29) is 24.4 Å². The van der Waals surface area contributed by atoms with Crippen LogP contribution in [-0.2, 0) is 16.1 Å². The number of carbonyl (C=O) groups excluding carboxylic acids is 2. The quantitative estimate of drug-likeness (QED) is 0.840. The largest absolute Gasteiger partial charge is 0.494 e. The van der Waals surface area contributed by atoms with E-state index in [9.17, 15) is 9.59 Å². The molecule has 4 rings (SSSR count). The first-order chi connectivity index (χ1) is 14.1. The Balaban J connectivity index is 1.61. The monoisotopic (exact) mass is 395 g/mol. The van der Waals surface area contributed by atoms with Gasteiger partial charge in [0.15, 0.2) is 6.04 Å². The molecular weight excluding hydrogens is 366 g/mol. The highest BCUT2D eigenvalue weighted by Crippen LogP contribution is 2.34. The van der Waals surface area contributed by atoms with Crippen LogP contribution in [-0.4, -0.2) is 29.0 Å². The SMILES string of the molecule is CCOc1ccc(N2C(=O)Cn3cccc3[C@@H]2C(=O)NC2CCC(C)CC2)cc1. The molecule has 6 nitrogen and oxygen atoms in total. The van der Waals surface area contributed by atoms with Crippen LogP contribution in [0.1, 0.15) is 51.3 Å². The number of benzene rings is 1. The van der Waals surface area contributed by atoms with E-state index in [4.69, 9.17) is 4.74 Å². The number of carbonyl (C=O) groups is 2. The molecule has 29 heavy (non-hydrogen) atoms. The Kier molecular flexibility index (Phi) is 5.60. The Morgan fingerprint density at radius 3 is 2.55 bits per heavy atom. The van der Waals surface area contributed by atoms with Crippen LogP contribution in [0.15, 0.2) is 42.6 Å². The van der Waals surface area contributed by atoms with E-state index in [1.165, 1.54) is 0 Å². The van der Waals surface area contributed by atoms with Crippen LogP contribution in [0.3, 0.4) is 0 Å². The van der Waals surface area contributed by atoms with Gasteiger partial charge >= 0.3 is 0 Å². The molecule has 1 aliphatic heterocycles. The number of nitrogens with one attached hydrogen (secondary N) is 1. The van der Waals surface area contributed by atoms with E-state index in [2.05, 4.69) is 12.2 Å². The molecule has 6 heteroatoms. The van der Waals surface area contributed by atoms with E-state index < -0.39 is 6.04 Å². The zero-order valence-electron chi connectivity index (χ0n) is 17.1. The first-order valence-electron chi connectivity index (χ1n) is 10.6. The molecule has 2 aromatic rings. The molecule has 154 valence electrons. The second-order valence-electron chi connectivity index (χ2n) is 8.12. The number of aromatic nitrogens is 1. The zero-order chi connectivity index (χ0) is 20.4.